The van der Waals surface area contributed by atoms with Gasteiger partial charge in [-0.25, -0.2) is 0 Å². The number of rotatable bonds is 7. The first-order valence-electron chi connectivity index (χ1n) is 5.59. The molecule has 0 saturated carbocycles. The Bertz CT molecular complexity index is 147. The summed E-state index contributed by atoms with van der Waals surface area (Å²) >= 11 is 0. The zero-order valence-electron chi connectivity index (χ0n) is 9.40. The molecule has 0 rings (SSSR count). The van der Waals surface area contributed by atoms with Crippen molar-refractivity contribution >= 4 is 0 Å². The van der Waals surface area contributed by atoms with Crippen LogP contribution in [0.4, 0.5) is 0 Å². The molecule has 0 aliphatic heterocycles. The Morgan fingerprint density at radius 1 is 0.923 bits per heavy atom. The summed E-state index contributed by atoms with van der Waals surface area (Å²) in [7, 11) is 0. The monoisotopic (exact) mass is 184 g/mol. The van der Waals surface area contributed by atoms with Crippen molar-refractivity contribution in [3.05, 3.63) is 11.3 Å². The third-order valence-corrected chi connectivity index (χ3v) is 2.38. The van der Waals surface area contributed by atoms with E-state index in [-0.39, 0.29) is 0 Å². The Morgan fingerprint density at radius 3 is 2.15 bits per heavy atom. The summed E-state index contributed by atoms with van der Waals surface area (Å²) in [5, 5.41) is 9.55. The van der Waals surface area contributed by atoms with Gasteiger partial charge in [0, 0.05) is 6.42 Å². The molecule has 0 fully saturated rings. The highest BCUT2D eigenvalue weighted by atomic mass is 16.3. The molecule has 0 unspecified atom stereocenters. The van der Waals surface area contributed by atoms with Crippen molar-refractivity contribution in [2.45, 2.75) is 65.7 Å². The number of hydrogen-bond donors (Lipinski definition) is 1. The normalized spacial score (nSPS) is 12.8. The minimum absolute atomic E-state index is 0.624. The Labute approximate surface area is 82.9 Å². The second kappa shape index (κ2) is 8.15. The Kier molecular flexibility index (Phi) is 7.86. The topological polar surface area (TPSA) is 20.2 Å². The van der Waals surface area contributed by atoms with Crippen LogP contribution in [0.1, 0.15) is 65.7 Å². The molecule has 0 spiro atoms. The fourth-order valence-electron chi connectivity index (χ4n) is 1.41. The highest BCUT2D eigenvalue weighted by molar-refractivity contribution is 5.03. The summed E-state index contributed by atoms with van der Waals surface area (Å²) in [6.45, 7) is 6.37. The molecule has 0 aromatic heterocycles. The SMILES string of the molecule is CCCCCCC(C)=C(O)CCC. The van der Waals surface area contributed by atoms with E-state index in [0.29, 0.717) is 5.76 Å². The standard InChI is InChI=1S/C12H24O/c1-4-6-7-8-10-11(3)12(13)9-5-2/h13H,4-10H2,1-3H3. The minimum Gasteiger partial charge on any atom is -0.512 e. The van der Waals surface area contributed by atoms with Crippen molar-refractivity contribution in [2.24, 2.45) is 0 Å². The molecule has 1 N–H and O–H groups in total. The van der Waals surface area contributed by atoms with Crippen molar-refractivity contribution in [3.63, 3.8) is 0 Å². The molecule has 0 aliphatic carbocycles. The summed E-state index contributed by atoms with van der Waals surface area (Å²) < 4.78 is 0. The molecule has 0 aliphatic rings. The van der Waals surface area contributed by atoms with Gasteiger partial charge in [-0.2, -0.15) is 0 Å². The maximum absolute atomic E-state index is 9.55. The van der Waals surface area contributed by atoms with Crippen LogP contribution in [0.5, 0.6) is 0 Å². The number of aliphatic hydroxyl groups excluding tert-OH is 1. The van der Waals surface area contributed by atoms with Gasteiger partial charge in [0.05, 0.1) is 5.76 Å². The van der Waals surface area contributed by atoms with E-state index in [4.69, 9.17) is 0 Å². The van der Waals surface area contributed by atoms with Crippen LogP contribution in [-0.2, 0) is 0 Å². The average molecular weight is 184 g/mol. The van der Waals surface area contributed by atoms with E-state index in [2.05, 4.69) is 20.8 Å². The van der Waals surface area contributed by atoms with Gasteiger partial charge in [0.2, 0.25) is 0 Å². The fourth-order valence-corrected chi connectivity index (χ4v) is 1.41. The maximum atomic E-state index is 9.55. The summed E-state index contributed by atoms with van der Waals surface area (Å²) in [6.07, 6.45) is 8.09. The largest absolute Gasteiger partial charge is 0.512 e. The smallest absolute Gasteiger partial charge is 0.0911 e. The first-order chi connectivity index (χ1) is 6.22. The van der Waals surface area contributed by atoms with Crippen molar-refractivity contribution in [3.8, 4) is 0 Å². The van der Waals surface area contributed by atoms with E-state index in [1.807, 2.05) is 0 Å². The van der Waals surface area contributed by atoms with Crippen molar-refractivity contribution < 1.29 is 5.11 Å². The predicted octanol–water partition coefficient (Wildman–Crippen LogP) is 4.59. The first kappa shape index (κ1) is 12.5. The molecular formula is C12H24O. The predicted molar refractivity (Wildman–Crippen MR) is 59.0 cm³/mol. The van der Waals surface area contributed by atoms with Crippen molar-refractivity contribution in [1.29, 1.82) is 0 Å². The molecule has 1 nitrogen and oxygen atoms in total. The van der Waals surface area contributed by atoms with Crippen molar-refractivity contribution in [1.82, 2.24) is 0 Å². The highest BCUT2D eigenvalue weighted by Gasteiger charge is 1.98. The van der Waals surface area contributed by atoms with E-state index in [1.165, 1.54) is 31.3 Å². The van der Waals surface area contributed by atoms with E-state index in [9.17, 15) is 5.11 Å². The van der Waals surface area contributed by atoms with Crippen LogP contribution >= 0.6 is 0 Å². The molecule has 1 heteroatoms. The Balaban J connectivity index is 3.58. The van der Waals surface area contributed by atoms with Crippen LogP contribution < -0.4 is 0 Å². The van der Waals surface area contributed by atoms with Gasteiger partial charge in [0.15, 0.2) is 0 Å². The number of hydrogen-bond acceptors (Lipinski definition) is 1. The Hall–Kier alpha value is -0.460. The lowest BCUT2D eigenvalue weighted by Gasteiger charge is -2.04. The highest BCUT2D eigenvalue weighted by Crippen LogP contribution is 2.15. The molecule has 0 saturated heterocycles. The summed E-state index contributed by atoms with van der Waals surface area (Å²) in [5.74, 6) is 0.624. The lowest BCUT2D eigenvalue weighted by molar-refractivity contribution is 0.376. The lowest BCUT2D eigenvalue weighted by atomic mass is 10.1. The van der Waals surface area contributed by atoms with Gasteiger partial charge >= 0.3 is 0 Å². The summed E-state index contributed by atoms with van der Waals surface area (Å²) in [5.41, 5.74) is 1.19. The zero-order chi connectivity index (χ0) is 10.1. The molecular weight excluding hydrogens is 160 g/mol. The van der Waals surface area contributed by atoms with Crippen LogP contribution in [0, 0.1) is 0 Å². The molecule has 0 radical (unpaired) electrons. The minimum atomic E-state index is 0.624. The third kappa shape index (κ3) is 6.68. The molecule has 0 bridgehead atoms. The van der Waals surface area contributed by atoms with E-state index in [1.54, 1.807) is 0 Å². The van der Waals surface area contributed by atoms with Crippen LogP contribution in [0.2, 0.25) is 0 Å². The lowest BCUT2D eigenvalue weighted by Crippen LogP contribution is -1.88. The third-order valence-electron chi connectivity index (χ3n) is 2.38. The van der Waals surface area contributed by atoms with Gasteiger partial charge < -0.3 is 5.11 Å². The molecule has 0 heterocycles. The summed E-state index contributed by atoms with van der Waals surface area (Å²) in [4.78, 5) is 0. The number of unbranched alkanes of at least 4 members (excludes halogenated alkanes) is 3. The van der Waals surface area contributed by atoms with Crippen LogP contribution in [0.15, 0.2) is 11.3 Å². The molecule has 78 valence electrons. The van der Waals surface area contributed by atoms with Gasteiger partial charge in [-0.3, -0.25) is 0 Å². The molecule has 0 amide bonds. The van der Waals surface area contributed by atoms with Gasteiger partial charge in [-0.05, 0) is 31.8 Å². The summed E-state index contributed by atoms with van der Waals surface area (Å²) in [6, 6.07) is 0. The van der Waals surface area contributed by atoms with Gasteiger partial charge in [0.25, 0.3) is 0 Å². The second-order valence-corrected chi connectivity index (χ2v) is 3.79. The maximum Gasteiger partial charge on any atom is 0.0911 e. The van der Waals surface area contributed by atoms with E-state index >= 15 is 0 Å². The van der Waals surface area contributed by atoms with Gasteiger partial charge in [-0.15, -0.1) is 0 Å². The average Bonchev–Trinajstić information content (AvgIpc) is 2.12. The first-order valence-corrected chi connectivity index (χ1v) is 5.59. The molecule has 0 aromatic carbocycles. The second-order valence-electron chi connectivity index (χ2n) is 3.79. The van der Waals surface area contributed by atoms with Crippen LogP contribution in [0.25, 0.3) is 0 Å². The molecule has 13 heavy (non-hydrogen) atoms. The zero-order valence-corrected chi connectivity index (χ0v) is 9.40. The van der Waals surface area contributed by atoms with Crippen LogP contribution in [-0.4, -0.2) is 5.11 Å². The molecule has 0 aromatic rings. The number of aliphatic hydroxyl groups is 1. The van der Waals surface area contributed by atoms with E-state index in [0.717, 1.165) is 19.3 Å². The fraction of sp³-hybridized carbons (Fsp3) is 0.833. The van der Waals surface area contributed by atoms with E-state index < -0.39 is 0 Å². The Morgan fingerprint density at radius 2 is 1.62 bits per heavy atom. The quantitative estimate of drug-likeness (QED) is 0.453. The number of allylic oxidation sites excluding steroid dienone is 2. The van der Waals surface area contributed by atoms with Gasteiger partial charge in [0.1, 0.15) is 0 Å². The van der Waals surface area contributed by atoms with Crippen LogP contribution in [0.3, 0.4) is 0 Å². The van der Waals surface area contributed by atoms with Gasteiger partial charge in [-0.1, -0.05) is 33.1 Å². The molecule has 0 atom stereocenters. The van der Waals surface area contributed by atoms with Crippen molar-refractivity contribution in [2.75, 3.05) is 0 Å².